The van der Waals surface area contributed by atoms with E-state index in [1.54, 1.807) is 17.6 Å². The zero-order chi connectivity index (χ0) is 14.9. The van der Waals surface area contributed by atoms with Crippen molar-refractivity contribution in [3.8, 4) is 5.75 Å². The third kappa shape index (κ3) is 2.16. The van der Waals surface area contributed by atoms with Gasteiger partial charge in [-0.2, -0.15) is 0 Å². The molecule has 106 valence electrons. The molecule has 3 aromatic carbocycles. The highest BCUT2D eigenvalue weighted by atomic mass is 32.1. The van der Waals surface area contributed by atoms with E-state index in [4.69, 9.17) is 0 Å². The minimum absolute atomic E-state index is 0.316. The minimum Gasteiger partial charge on any atom is -0.506 e. The molecule has 0 atom stereocenters. The Kier molecular flexibility index (Phi) is 3.13. The van der Waals surface area contributed by atoms with Gasteiger partial charge in [0.15, 0.2) is 0 Å². The number of fused-ring (bicyclic) bond motifs is 3. The predicted octanol–water partition coefficient (Wildman–Crippen LogP) is 5.51. The Bertz CT molecular complexity index is 986. The van der Waals surface area contributed by atoms with Crippen molar-refractivity contribution >= 4 is 44.1 Å². The first kappa shape index (κ1) is 13.0. The average Bonchev–Trinajstić information content (AvgIpc) is 2.90. The van der Waals surface area contributed by atoms with E-state index in [0.717, 1.165) is 31.4 Å². The molecule has 0 bridgehead atoms. The van der Waals surface area contributed by atoms with E-state index in [1.807, 2.05) is 48.5 Å². The van der Waals surface area contributed by atoms with Gasteiger partial charge >= 0.3 is 0 Å². The first-order valence-electron chi connectivity index (χ1n) is 7.05. The highest BCUT2D eigenvalue weighted by Gasteiger charge is 2.12. The van der Waals surface area contributed by atoms with Gasteiger partial charge in [0, 0.05) is 16.3 Å². The van der Waals surface area contributed by atoms with Crippen LogP contribution in [0.25, 0.3) is 20.9 Å². The number of rotatable bonds is 2. The first-order chi connectivity index (χ1) is 10.8. The van der Waals surface area contributed by atoms with Crippen molar-refractivity contribution in [2.75, 3.05) is 0 Å². The molecule has 4 rings (SSSR count). The molecule has 0 aliphatic carbocycles. The van der Waals surface area contributed by atoms with E-state index < -0.39 is 0 Å². The van der Waals surface area contributed by atoms with Crippen LogP contribution in [0, 0.1) is 0 Å². The van der Waals surface area contributed by atoms with Crippen LogP contribution >= 0.6 is 11.3 Å². The monoisotopic (exact) mass is 303 g/mol. The summed E-state index contributed by atoms with van der Waals surface area (Å²) in [7, 11) is 0. The number of aliphatic imine (C=N–C) groups is 1. The van der Waals surface area contributed by atoms with Gasteiger partial charge in [0.05, 0.1) is 10.6 Å². The minimum atomic E-state index is 0.316. The van der Waals surface area contributed by atoms with Crippen molar-refractivity contribution in [1.29, 1.82) is 0 Å². The van der Waals surface area contributed by atoms with Gasteiger partial charge in [-0.3, -0.25) is 4.99 Å². The summed E-state index contributed by atoms with van der Waals surface area (Å²) in [6.45, 7) is 0. The van der Waals surface area contributed by atoms with Crippen LogP contribution in [0.1, 0.15) is 4.88 Å². The van der Waals surface area contributed by atoms with Gasteiger partial charge in [0.25, 0.3) is 0 Å². The smallest absolute Gasteiger partial charge is 0.143 e. The topological polar surface area (TPSA) is 32.6 Å². The van der Waals surface area contributed by atoms with Crippen molar-refractivity contribution in [3.63, 3.8) is 0 Å². The molecule has 22 heavy (non-hydrogen) atoms. The molecule has 0 saturated heterocycles. The lowest BCUT2D eigenvalue weighted by atomic mass is 10.1. The summed E-state index contributed by atoms with van der Waals surface area (Å²) in [5.41, 5.74) is 0.879. The molecule has 0 radical (unpaired) electrons. The fourth-order valence-corrected chi connectivity index (χ4v) is 3.59. The maximum Gasteiger partial charge on any atom is 0.143 e. The van der Waals surface area contributed by atoms with E-state index in [-0.39, 0.29) is 0 Å². The Morgan fingerprint density at radius 1 is 0.864 bits per heavy atom. The van der Waals surface area contributed by atoms with Crippen LogP contribution in [-0.2, 0) is 0 Å². The fraction of sp³-hybridized carbons (Fsp3) is 0. The summed E-state index contributed by atoms with van der Waals surface area (Å²) in [5.74, 6) is 0.316. The highest BCUT2D eigenvalue weighted by molar-refractivity contribution is 7.21. The Hall–Kier alpha value is -2.65. The van der Waals surface area contributed by atoms with E-state index in [2.05, 4.69) is 23.2 Å². The van der Waals surface area contributed by atoms with Crippen molar-refractivity contribution in [2.24, 2.45) is 4.99 Å². The molecule has 1 heterocycles. The summed E-state index contributed by atoms with van der Waals surface area (Å²) in [4.78, 5) is 5.23. The molecule has 0 fully saturated rings. The van der Waals surface area contributed by atoms with Crippen LogP contribution in [0.15, 0.2) is 71.7 Å². The number of hydrogen-bond donors (Lipinski definition) is 1. The molecule has 3 heteroatoms. The zero-order valence-electron chi connectivity index (χ0n) is 11.7. The molecule has 1 N–H and O–H groups in total. The molecule has 0 aliphatic rings. The van der Waals surface area contributed by atoms with E-state index in [1.165, 1.54) is 0 Å². The van der Waals surface area contributed by atoms with Crippen LogP contribution in [0.5, 0.6) is 5.75 Å². The van der Waals surface area contributed by atoms with E-state index in [0.29, 0.717) is 5.75 Å². The number of para-hydroxylation sites is 1. The summed E-state index contributed by atoms with van der Waals surface area (Å²) in [6.07, 6.45) is 1.74. The Balaban J connectivity index is 1.88. The predicted molar refractivity (Wildman–Crippen MR) is 94.7 cm³/mol. The standard InChI is InChI=1S/C19H13NOS/c21-19-17(12-20-14-7-2-1-3-8-14)22-16-11-10-13-6-4-5-9-15(13)18(16)19/h1-12,21H. The zero-order valence-corrected chi connectivity index (χ0v) is 12.5. The average molecular weight is 303 g/mol. The van der Waals surface area contributed by atoms with Crippen molar-refractivity contribution < 1.29 is 5.11 Å². The van der Waals surface area contributed by atoms with Crippen LogP contribution < -0.4 is 0 Å². The molecule has 1 aromatic heterocycles. The summed E-state index contributed by atoms with van der Waals surface area (Å²) in [5, 5.41) is 13.7. The molecule has 4 aromatic rings. The molecular formula is C19H13NOS. The lowest BCUT2D eigenvalue weighted by molar-refractivity contribution is 0.483. The fourth-order valence-electron chi connectivity index (χ4n) is 2.61. The Labute approximate surface area is 132 Å². The number of aromatic hydroxyl groups is 1. The van der Waals surface area contributed by atoms with Crippen LogP contribution in [0.4, 0.5) is 5.69 Å². The number of thiophene rings is 1. The van der Waals surface area contributed by atoms with Crippen molar-refractivity contribution in [3.05, 3.63) is 71.6 Å². The molecule has 0 aliphatic heterocycles. The van der Waals surface area contributed by atoms with E-state index in [9.17, 15) is 5.11 Å². The third-order valence-corrected chi connectivity index (χ3v) is 4.75. The molecule has 2 nitrogen and oxygen atoms in total. The molecule has 0 spiro atoms. The Morgan fingerprint density at radius 3 is 2.50 bits per heavy atom. The molecule has 0 amide bonds. The number of benzene rings is 3. The second-order valence-corrected chi connectivity index (χ2v) is 6.15. The van der Waals surface area contributed by atoms with Gasteiger partial charge in [-0.15, -0.1) is 11.3 Å². The van der Waals surface area contributed by atoms with Crippen LogP contribution in [0.3, 0.4) is 0 Å². The molecule has 0 unspecified atom stereocenters. The molecule has 0 saturated carbocycles. The van der Waals surface area contributed by atoms with Gasteiger partial charge in [0.1, 0.15) is 5.75 Å². The normalized spacial score (nSPS) is 11.6. The summed E-state index contributed by atoms with van der Waals surface area (Å²) >= 11 is 1.56. The SMILES string of the molecule is Oc1c(C=Nc2ccccc2)sc2ccc3ccccc3c12. The largest absolute Gasteiger partial charge is 0.506 e. The quantitative estimate of drug-likeness (QED) is 0.486. The third-order valence-electron chi connectivity index (χ3n) is 3.67. The highest BCUT2D eigenvalue weighted by Crippen LogP contribution is 2.40. The van der Waals surface area contributed by atoms with Gasteiger partial charge in [-0.1, -0.05) is 48.5 Å². The first-order valence-corrected chi connectivity index (χ1v) is 7.87. The lowest BCUT2D eigenvalue weighted by Crippen LogP contribution is -1.75. The van der Waals surface area contributed by atoms with Gasteiger partial charge < -0.3 is 5.11 Å². The van der Waals surface area contributed by atoms with Crippen LogP contribution in [0.2, 0.25) is 0 Å². The van der Waals surface area contributed by atoms with Gasteiger partial charge in [0.2, 0.25) is 0 Å². The summed E-state index contributed by atoms with van der Waals surface area (Å²) < 4.78 is 1.07. The van der Waals surface area contributed by atoms with Gasteiger partial charge in [-0.25, -0.2) is 0 Å². The lowest BCUT2D eigenvalue weighted by Gasteiger charge is -1.99. The second-order valence-electron chi connectivity index (χ2n) is 5.07. The Morgan fingerprint density at radius 2 is 1.64 bits per heavy atom. The van der Waals surface area contributed by atoms with Crippen molar-refractivity contribution in [1.82, 2.24) is 0 Å². The van der Waals surface area contributed by atoms with Gasteiger partial charge in [-0.05, 0) is 29.0 Å². The second kappa shape index (κ2) is 5.28. The summed E-state index contributed by atoms with van der Waals surface area (Å²) in [6, 6.07) is 22.0. The maximum absolute atomic E-state index is 10.6. The van der Waals surface area contributed by atoms with E-state index >= 15 is 0 Å². The number of nitrogens with zero attached hydrogens (tertiary/aromatic N) is 1. The maximum atomic E-state index is 10.6. The van der Waals surface area contributed by atoms with Crippen molar-refractivity contribution in [2.45, 2.75) is 0 Å². The van der Waals surface area contributed by atoms with Crippen LogP contribution in [-0.4, -0.2) is 11.3 Å². The molecular weight excluding hydrogens is 290 g/mol. The number of hydrogen-bond acceptors (Lipinski definition) is 3.